The van der Waals surface area contributed by atoms with E-state index in [9.17, 15) is 19.1 Å². The summed E-state index contributed by atoms with van der Waals surface area (Å²) in [7, 11) is 0. The van der Waals surface area contributed by atoms with Crippen molar-refractivity contribution in [3.8, 4) is 16.9 Å². The van der Waals surface area contributed by atoms with Crippen LogP contribution in [0.3, 0.4) is 0 Å². The minimum absolute atomic E-state index is 0.0160. The topological polar surface area (TPSA) is 118 Å². The smallest absolute Gasteiger partial charge is 0.272 e. The number of nitrogens with zero attached hydrogens (tertiary/aromatic N) is 3. The summed E-state index contributed by atoms with van der Waals surface area (Å²) in [5, 5.41) is 19.9. The maximum atomic E-state index is 13.4. The van der Waals surface area contributed by atoms with Crippen LogP contribution in [-0.4, -0.2) is 57.0 Å². The first kappa shape index (κ1) is 25.8. The second kappa shape index (κ2) is 10.5. The zero-order chi connectivity index (χ0) is 26.9. The van der Waals surface area contributed by atoms with Gasteiger partial charge in [-0.05, 0) is 36.4 Å². The Balaban J connectivity index is 1.48. The first-order valence-electron chi connectivity index (χ1n) is 11.4. The van der Waals surface area contributed by atoms with Gasteiger partial charge in [0.2, 0.25) is 0 Å². The molecule has 0 saturated carbocycles. The fourth-order valence-electron chi connectivity index (χ4n) is 3.84. The zero-order valence-corrected chi connectivity index (χ0v) is 21.1. The Bertz CT molecular complexity index is 1500. The Kier molecular flexibility index (Phi) is 7.13. The first-order chi connectivity index (χ1) is 18.3. The maximum Gasteiger partial charge on any atom is 0.272 e. The summed E-state index contributed by atoms with van der Waals surface area (Å²) in [5.74, 6) is -1.46. The molecule has 9 nitrogen and oxygen atoms in total. The molecule has 2 aromatic heterocycles. The fraction of sp³-hybridized carbons (Fsp3) is 0.154. The minimum Gasteiger partial charge on any atom is -0.394 e. The van der Waals surface area contributed by atoms with E-state index in [1.54, 1.807) is 24.3 Å². The van der Waals surface area contributed by atoms with Crippen LogP contribution in [-0.2, 0) is 4.74 Å². The van der Waals surface area contributed by atoms with Gasteiger partial charge in [0.1, 0.15) is 17.2 Å². The molecule has 2 aromatic carbocycles. The van der Waals surface area contributed by atoms with Gasteiger partial charge >= 0.3 is 0 Å². The van der Waals surface area contributed by atoms with Gasteiger partial charge in [0, 0.05) is 11.6 Å². The summed E-state index contributed by atoms with van der Waals surface area (Å²) in [6.45, 7) is 0.0686. The van der Waals surface area contributed by atoms with Crippen LogP contribution in [0.2, 0.25) is 10.0 Å². The van der Waals surface area contributed by atoms with E-state index in [1.807, 2.05) is 6.07 Å². The average Bonchev–Trinajstić information content (AvgIpc) is 3.31. The lowest BCUT2D eigenvalue weighted by Gasteiger charge is -2.40. The molecule has 1 aliphatic rings. The first-order valence-corrected chi connectivity index (χ1v) is 12.1. The van der Waals surface area contributed by atoms with Crippen LogP contribution in [0.25, 0.3) is 16.9 Å². The lowest BCUT2D eigenvalue weighted by Crippen LogP contribution is -2.64. The zero-order valence-electron chi connectivity index (χ0n) is 19.6. The number of nitrogens with one attached hydrogen (secondary N) is 2. The summed E-state index contributed by atoms with van der Waals surface area (Å²) in [6, 6.07) is 15.8. The number of aliphatic hydroxyl groups excluding tert-OH is 1. The van der Waals surface area contributed by atoms with Crippen molar-refractivity contribution in [1.82, 2.24) is 20.1 Å². The number of benzene rings is 2. The number of aliphatic hydroxyl groups is 1. The SMILES string of the molecule is O=C(NC1(CO)COC1)c1cc(NC(=O)c2cc(-c3ccc(F)cn3)c(Cl)cc2Cl)n(-c2ccccc2)n1. The molecule has 194 valence electrons. The van der Waals surface area contributed by atoms with Gasteiger partial charge in [-0.25, -0.2) is 9.07 Å². The van der Waals surface area contributed by atoms with E-state index in [0.717, 1.165) is 6.20 Å². The van der Waals surface area contributed by atoms with Gasteiger partial charge in [-0.15, -0.1) is 0 Å². The van der Waals surface area contributed by atoms with Gasteiger partial charge in [-0.3, -0.25) is 14.6 Å². The van der Waals surface area contributed by atoms with Crippen LogP contribution in [0, 0.1) is 5.82 Å². The highest BCUT2D eigenvalue weighted by molar-refractivity contribution is 6.38. The van der Waals surface area contributed by atoms with Crippen molar-refractivity contribution in [2.75, 3.05) is 25.1 Å². The molecule has 3 N–H and O–H groups in total. The molecule has 0 spiro atoms. The third-order valence-electron chi connectivity index (χ3n) is 5.93. The number of hydrogen-bond acceptors (Lipinski definition) is 6. The second-order valence-corrected chi connectivity index (χ2v) is 9.49. The second-order valence-electron chi connectivity index (χ2n) is 8.68. The lowest BCUT2D eigenvalue weighted by molar-refractivity contribution is -0.0920. The molecule has 2 amide bonds. The number of ether oxygens (including phenoxy) is 1. The molecule has 3 heterocycles. The number of carbonyl (C=O) groups is 2. The molecule has 0 bridgehead atoms. The van der Waals surface area contributed by atoms with Gasteiger partial charge in [0.05, 0.1) is 53.0 Å². The van der Waals surface area contributed by atoms with Crippen LogP contribution in [0.15, 0.2) is 66.9 Å². The number of anilines is 1. The van der Waals surface area contributed by atoms with Crippen molar-refractivity contribution in [2.45, 2.75) is 5.54 Å². The number of amides is 2. The Morgan fingerprint density at radius 3 is 2.45 bits per heavy atom. The van der Waals surface area contributed by atoms with Crippen molar-refractivity contribution in [3.63, 3.8) is 0 Å². The van der Waals surface area contributed by atoms with E-state index in [0.29, 0.717) is 16.9 Å². The van der Waals surface area contributed by atoms with E-state index in [1.165, 1.54) is 35.0 Å². The molecular formula is C26H20Cl2FN5O4. The summed E-state index contributed by atoms with van der Waals surface area (Å²) in [6.07, 6.45) is 1.04. The molecule has 4 aromatic rings. The normalized spacial score (nSPS) is 14.0. The van der Waals surface area contributed by atoms with Crippen LogP contribution in [0.5, 0.6) is 0 Å². The van der Waals surface area contributed by atoms with Crippen LogP contribution >= 0.6 is 23.2 Å². The molecule has 0 aliphatic carbocycles. The third kappa shape index (κ3) is 5.11. The Hall–Kier alpha value is -3.83. The number of halogens is 3. The molecule has 38 heavy (non-hydrogen) atoms. The largest absolute Gasteiger partial charge is 0.394 e. The van der Waals surface area contributed by atoms with E-state index in [-0.39, 0.29) is 46.9 Å². The number of rotatable bonds is 7. The van der Waals surface area contributed by atoms with Crippen LogP contribution in [0.1, 0.15) is 20.8 Å². The van der Waals surface area contributed by atoms with Gasteiger partial charge in [0.15, 0.2) is 5.69 Å². The Morgan fingerprint density at radius 2 is 1.82 bits per heavy atom. The highest BCUT2D eigenvalue weighted by Gasteiger charge is 2.40. The summed E-state index contributed by atoms with van der Waals surface area (Å²) in [5.41, 5.74) is 0.544. The number of para-hydroxylation sites is 1. The van der Waals surface area contributed by atoms with E-state index < -0.39 is 23.2 Å². The van der Waals surface area contributed by atoms with E-state index in [2.05, 4.69) is 20.7 Å². The number of pyridine rings is 1. The predicted octanol–water partition coefficient (Wildman–Crippen LogP) is 4.12. The standard InChI is InChI=1S/C26H20Cl2FN5O4/c27-19-9-20(28)18(8-17(19)21-7-6-15(29)11-30-21)24(36)31-23-10-22(25(37)32-26(12-35)13-38-14-26)33-34(23)16-4-2-1-3-5-16/h1-11,35H,12-14H2,(H,31,36)(H,32,37). The highest BCUT2D eigenvalue weighted by Crippen LogP contribution is 2.33. The van der Waals surface area contributed by atoms with Crippen LogP contribution in [0.4, 0.5) is 10.2 Å². The molecule has 1 saturated heterocycles. The highest BCUT2D eigenvalue weighted by atomic mass is 35.5. The maximum absolute atomic E-state index is 13.4. The molecule has 1 fully saturated rings. The summed E-state index contributed by atoms with van der Waals surface area (Å²) >= 11 is 12.7. The van der Waals surface area contributed by atoms with Crippen molar-refractivity contribution >= 4 is 40.8 Å². The molecular weight excluding hydrogens is 536 g/mol. The van der Waals surface area contributed by atoms with Crippen molar-refractivity contribution in [2.24, 2.45) is 0 Å². The third-order valence-corrected chi connectivity index (χ3v) is 6.55. The predicted molar refractivity (Wildman–Crippen MR) is 139 cm³/mol. The van der Waals surface area contributed by atoms with Gasteiger partial charge in [-0.2, -0.15) is 5.10 Å². The van der Waals surface area contributed by atoms with Crippen molar-refractivity contribution < 1.29 is 23.8 Å². The van der Waals surface area contributed by atoms with Crippen molar-refractivity contribution in [3.05, 3.63) is 94.0 Å². The molecule has 0 unspecified atom stereocenters. The van der Waals surface area contributed by atoms with E-state index in [4.69, 9.17) is 27.9 Å². The Labute approximate surface area is 226 Å². The fourth-order valence-corrected chi connectivity index (χ4v) is 4.41. The Morgan fingerprint density at radius 1 is 1.05 bits per heavy atom. The summed E-state index contributed by atoms with van der Waals surface area (Å²) in [4.78, 5) is 30.3. The number of aromatic nitrogens is 3. The van der Waals surface area contributed by atoms with Gasteiger partial charge in [-0.1, -0.05) is 41.4 Å². The lowest BCUT2D eigenvalue weighted by atomic mass is 9.99. The molecule has 0 radical (unpaired) electrons. The van der Waals surface area contributed by atoms with E-state index >= 15 is 0 Å². The van der Waals surface area contributed by atoms with Gasteiger partial charge < -0.3 is 20.5 Å². The monoisotopic (exact) mass is 555 g/mol. The van der Waals surface area contributed by atoms with Crippen molar-refractivity contribution in [1.29, 1.82) is 0 Å². The molecule has 12 heteroatoms. The quantitative estimate of drug-likeness (QED) is 0.315. The summed E-state index contributed by atoms with van der Waals surface area (Å²) < 4.78 is 19.9. The van der Waals surface area contributed by atoms with Gasteiger partial charge in [0.25, 0.3) is 11.8 Å². The average molecular weight is 556 g/mol. The minimum atomic E-state index is -0.876. The number of carbonyl (C=O) groups excluding carboxylic acids is 2. The molecule has 1 aliphatic heterocycles. The molecule has 0 atom stereocenters. The molecule has 5 rings (SSSR count). The van der Waals surface area contributed by atoms with Crippen LogP contribution < -0.4 is 10.6 Å². The number of hydrogen-bond donors (Lipinski definition) is 3.